The number of halogens is 1. The fraction of sp³-hybridized carbons (Fsp3) is 0.533. The molecule has 0 saturated heterocycles. The molecular formula is C15H20ClNO4. The molecule has 0 bridgehead atoms. The Morgan fingerprint density at radius 3 is 2.62 bits per heavy atom. The predicted octanol–water partition coefficient (Wildman–Crippen LogP) is 2.97. The number of hydrogen-bond donors (Lipinski definition) is 1. The van der Waals surface area contributed by atoms with Crippen molar-refractivity contribution in [2.75, 3.05) is 26.3 Å². The van der Waals surface area contributed by atoms with Crippen molar-refractivity contribution in [1.82, 2.24) is 4.90 Å². The molecule has 5 nitrogen and oxygen atoms in total. The molecule has 21 heavy (non-hydrogen) atoms. The molecule has 1 aromatic carbocycles. The maximum absolute atomic E-state index is 11.6. The van der Waals surface area contributed by atoms with Crippen LogP contribution in [0.15, 0.2) is 12.1 Å². The quantitative estimate of drug-likeness (QED) is 0.905. The summed E-state index contributed by atoms with van der Waals surface area (Å²) in [5, 5.41) is 9.94. The molecule has 0 radical (unpaired) electrons. The Bertz CT molecular complexity index is 517. The van der Waals surface area contributed by atoms with Gasteiger partial charge in [-0.05, 0) is 30.8 Å². The van der Waals surface area contributed by atoms with Gasteiger partial charge in [-0.1, -0.05) is 25.4 Å². The van der Waals surface area contributed by atoms with Crippen molar-refractivity contribution in [3.63, 3.8) is 0 Å². The minimum absolute atomic E-state index is 0.391. The standard InChI is InChI=1S/C15H20ClNO4/c1-3-17(4-2)13(15(18)19)10-8-11(16)14-12(9-10)20-6-5-7-21-14/h8-9,13H,3-7H2,1-2H3,(H,18,19). The lowest BCUT2D eigenvalue weighted by atomic mass is 10.0. The first-order chi connectivity index (χ1) is 10.1. The number of carboxylic acids is 1. The molecule has 6 heteroatoms. The summed E-state index contributed by atoms with van der Waals surface area (Å²) in [7, 11) is 0. The molecule has 0 amide bonds. The molecule has 1 unspecified atom stereocenters. The van der Waals surface area contributed by atoms with Gasteiger partial charge in [0.05, 0.1) is 18.2 Å². The van der Waals surface area contributed by atoms with Crippen LogP contribution in [0, 0.1) is 0 Å². The smallest absolute Gasteiger partial charge is 0.325 e. The lowest BCUT2D eigenvalue weighted by Gasteiger charge is -2.27. The third kappa shape index (κ3) is 3.41. The van der Waals surface area contributed by atoms with Gasteiger partial charge < -0.3 is 14.6 Å². The van der Waals surface area contributed by atoms with Gasteiger partial charge >= 0.3 is 5.97 Å². The van der Waals surface area contributed by atoms with E-state index in [4.69, 9.17) is 21.1 Å². The molecular weight excluding hydrogens is 294 g/mol. The van der Waals surface area contributed by atoms with Crippen molar-refractivity contribution in [3.05, 3.63) is 22.7 Å². The largest absolute Gasteiger partial charge is 0.489 e. The van der Waals surface area contributed by atoms with Gasteiger partial charge in [-0.2, -0.15) is 0 Å². The maximum atomic E-state index is 11.6. The lowest BCUT2D eigenvalue weighted by molar-refractivity contribution is -0.143. The Kier molecular flexibility index (Phi) is 5.31. The van der Waals surface area contributed by atoms with Crippen LogP contribution in [0.2, 0.25) is 5.02 Å². The number of likely N-dealkylation sites (N-methyl/N-ethyl adjacent to an activating group) is 1. The number of aliphatic carboxylic acids is 1. The van der Waals surface area contributed by atoms with Crippen molar-refractivity contribution in [2.45, 2.75) is 26.3 Å². The van der Waals surface area contributed by atoms with Gasteiger partial charge in [0, 0.05) is 6.42 Å². The van der Waals surface area contributed by atoms with Gasteiger partial charge in [0.2, 0.25) is 0 Å². The SMILES string of the molecule is CCN(CC)C(C(=O)O)c1cc(Cl)c2c(c1)OCCCO2. The molecule has 1 N–H and O–H groups in total. The average Bonchev–Trinajstić information content (AvgIpc) is 2.69. The van der Waals surface area contributed by atoms with E-state index in [0.717, 1.165) is 6.42 Å². The number of benzene rings is 1. The van der Waals surface area contributed by atoms with Crippen LogP contribution in [-0.2, 0) is 4.79 Å². The normalized spacial score (nSPS) is 15.6. The Morgan fingerprint density at radius 2 is 2.00 bits per heavy atom. The first-order valence-corrected chi connectivity index (χ1v) is 7.52. The average molecular weight is 314 g/mol. The number of nitrogens with zero attached hydrogens (tertiary/aromatic N) is 1. The summed E-state index contributed by atoms with van der Waals surface area (Å²) in [6.45, 7) is 6.23. The molecule has 2 rings (SSSR count). The third-order valence-electron chi connectivity index (χ3n) is 3.55. The van der Waals surface area contributed by atoms with Crippen molar-refractivity contribution in [3.8, 4) is 11.5 Å². The third-order valence-corrected chi connectivity index (χ3v) is 3.83. The predicted molar refractivity (Wildman–Crippen MR) is 80.4 cm³/mol. The van der Waals surface area contributed by atoms with Gasteiger partial charge in [0.15, 0.2) is 11.5 Å². The number of carboxylic acid groups (broad SMARTS) is 1. The van der Waals surface area contributed by atoms with Crippen LogP contribution in [0.25, 0.3) is 0 Å². The summed E-state index contributed by atoms with van der Waals surface area (Å²) in [6, 6.07) is 2.64. The molecule has 0 aliphatic carbocycles. The molecule has 0 aromatic heterocycles. The molecule has 1 aliphatic heterocycles. The summed E-state index contributed by atoms with van der Waals surface area (Å²) >= 11 is 6.24. The van der Waals surface area contributed by atoms with Crippen molar-refractivity contribution < 1.29 is 19.4 Å². The number of rotatable bonds is 5. The van der Waals surface area contributed by atoms with E-state index in [0.29, 0.717) is 48.4 Å². The fourth-order valence-electron chi connectivity index (χ4n) is 2.51. The lowest BCUT2D eigenvalue weighted by Crippen LogP contribution is -2.33. The molecule has 1 atom stereocenters. The second kappa shape index (κ2) is 7.00. The first-order valence-electron chi connectivity index (χ1n) is 7.14. The van der Waals surface area contributed by atoms with Gasteiger partial charge in [0.25, 0.3) is 0 Å². The van der Waals surface area contributed by atoms with Crippen LogP contribution < -0.4 is 9.47 Å². The van der Waals surface area contributed by atoms with E-state index in [1.165, 1.54) is 0 Å². The Balaban J connectivity index is 2.44. The van der Waals surface area contributed by atoms with Crippen molar-refractivity contribution in [1.29, 1.82) is 0 Å². The van der Waals surface area contributed by atoms with Crippen LogP contribution >= 0.6 is 11.6 Å². The summed E-state index contributed by atoms with van der Waals surface area (Å²) in [6.07, 6.45) is 0.777. The molecule has 0 spiro atoms. The zero-order valence-corrected chi connectivity index (χ0v) is 13.0. The molecule has 1 aliphatic rings. The highest BCUT2D eigenvalue weighted by atomic mass is 35.5. The van der Waals surface area contributed by atoms with E-state index in [1.54, 1.807) is 12.1 Å². The van der Waals surface area contributed by atoms with Crippen LogP contribution in [0.4, 0.5) is 0 Å². The topological polar surface area (TPSA) is 59.0 Å². The van der Waals surface area contributed by atoms with Gasteiger partial charge in [0.1, 0.15) is 6.04 Å². The Morgan fingerprint density at radius 1 is 1.33 bits per heavy atom. The summed E-state index contributed by atoms with van der Waals surface area (Å²) in [5.41, 5.74) is 0.612. The number of carbonyl (C=O) groups is 1. The Hall–Kier alpha value is -1.46. The van der Waals surface area contributed by atoms with Crippen LogP contribution in [-0.4, -0.2) is 42.3 Å². The molecule has 1 heterocycles. The Labute approximate surface area is 129 Å². The van der Waals surface area contributed by atoms with E-state index in [-0.39, 0.29) is 0 Å². The molecule has 0 fully saturated rings. The molecule has 1 aromatic rings. The van der Waals surface area contributed by atoms with E-state index in [9.17, 15) is 9.90 Å². The highest BCUT2D eigenvalue weighted by Crippen LogP contribution is 2.40. The summed E-state index contributed by atoms with van der Waals surface area (Å²) < 4.78 is 11.2. The van der Waals surface area contributed by atoms with E-state index in [2.05, 4.69) is 0 Å². The zero-order chi connectivity index (χ0) is 15.4. The highest BCUT2D eigenvalue weighted by Gasteiger charge is 2.28. The van der Waals surface area contributed by atoms with Crippen molar-refractivity contribution >= 4 is 17.6 Å². The monoisotopic (exact) mass is 313 g/mol. The van der Waals surface area contributed by atoms with Gasteiger partial charge in [-0.3, -0.25) is 9.69 Å². The molecule has 116 valence electrons. The second-order valence-electron chi connectivity index (χ2n) is 4.84. The zero-order valence-electron chi connectivity index (χ0n) is 12.3. The highest BCUT2D eigenvalue weighted by molar-refractivity contribution is 6.32. The number of hydrogen-bond acceptors (Lipinski definition) is 4. The molecule has 0 saturated carbocycles. The number of fused-ring (bicyclic) bond motifs is 1. The fourth-order valence-corrected chi connectivity index (χ4v) is 2.78. The van der Waals surface area contributed by atoms with Crippen molar-refractivity contribution in [2.24, 2.45) is 0 Å². The second-order valence-corrected chi connectivity index (χ2v) is 5.25. The van der Waals surface area contributed by atoms with Crippen LogP contribution in [0.1, 0.15) is 31.9 Å². The number of ether oxygens (including phenoxy) is 2. The summed E-state index contributed by atoms with van der Waals surface area (Å²) in [5.74, 6) is 0.124. The maximum Gasteiger partial charge on any atom is 0.325 e. The first kappa shape index (κ1) is 15.9. The van der Waals surface area contributed by atoms with E-state index >= 15 is 0 Å². The van der Waals surface area contributed by atoms with Gasteiger partial charge in [-0.25, -0.2) is 0 Å². The van der Waals surface area contributed by atoms with Crippen LogP contribution in [0.5, 0.6) is 11.5 Å². The van der Waals surface area contributed by atoms with E-state index in [1.807, 2.05) is 18.7 Å². The minimum Gasteiger partial charge on any atom is -0.489 e. The summed E-state index contributed by atoms with van der Waals surface area (Å²) in [4.78, 5) is 13.5. The minimum atomic E-state index is -0.899. The van der Waals surface area contributed by atoms with Gasteiger partial charge in [-0.15, -0.1) is 0 Å². The van der Waals surface area contributed by atoms with E-state index < -0.39 is 12.0 Å². The van der Waals surface area contributed by atoms with Crippen LogP contribution in [0.3, 0.4) is 0 Å².